The molecule has 10 heteroatoms. The summed E-state index contributed by atoms with van der Waals surface area (Å²) in [5.41, 5.74) is 4.48. The van der Waals surface area contributed by atoms with Gasteiger partial charge in [0.15, 0.2) is 19.0 Å². The van der Waals surface area contributed by atoms with Crippen LogP contribution in [0.2, 0.25) is 5.02 Å². The second kappa shape index (κ2) is 8.67. The van der Waals surface area contributed by atoms with Crippen molar-refractivity contribution in [1.29, 1.82) is 0 Å². The molecule has 2 amide bonds. The van der Waals surface area contributed by atoms with Crippen LogP contribution in [-0.4, -0.2) is 31.5 Å². The van der Waals surface area contributed by atoms with E-state index in [9.17, 15) is 19.6 Å². The number of pyridine rings is 1. The maximum Gasteiger partial charge on any atom is 0.339 e. The summed E-state index contributed by atoms with van der Waals surface area (Å²) in [5.74, 6) is -1.94. The van der Waals surface area contributed by atoms with Gasteiger partial charge in [0.2, 0.25) is 0 Å². The third-order valence-electron chi connectivity index (χ3n) is 3.09. The summed E-state index contributed by atoms with van der Waals surface area (Å²) < 4.78 is 10.3. The molecular weight excluding hydrogens is 366 g/mol. The van der Waals surface area contributed by atoms with Gasteiger partial charge in [-0.25, -0.2) is 4.79 Å². The number of ether oxygens (including phenoxy) is 2. The molecule has 2 rings (SSSR count). The number of nitrogens with one attached hydrogen (secondary N) is 2. The molecule has 1 aromatic heterocycles. The number of carbonyl (C=O) groups excluding carboxylic acids is 3. The number of nitrogens with zero attached hydrogens (tertiary/aromatic N) is 1. The highest BCUT2D eigenvalue weighted by Crippen LogP contribution is 2.22. The first-order chi connectivity index (χ1) is 12.4. The van der Waals surface area contributed by atoms with E-state index in [-0.39, 0.29) is 16.9 Å². The minimum absolute atomic E-state index is 0.109. The zero-order valence-corrected chi connectivity index (χ0v) is 14.3. The summed E-state index contributed by atoms with van der Waals surface area (Å²) in [6.07, 6.45) is 2.24. The van der Waals surface area contributed by atoms with Gasteiger partial charge in [-0.05, 0) is 18.2 Å². The molecule has 9 nitrogen and oxygen atoms in total. The fourth-order valence-corrected chi connectivity index (χ4v) is 2.02. The van der Waals surface area contributed by atoms with Gasteiger partial charge in [-0.15, -0.1) is 0 Å². The van der Waals surface area contributed by atoms with Crippen molar-refractivity contribution in [2.24, 2.45) is 0 Å². The van der Waals surface area contributed by atoms with Crippen molar-refractivity contribution in [3.8, 4) is 5.75 Å². The first-order valence-electron chi connectivity index (χ1n) is 7.19. The van der Waals surface area contributed by atoms with Crippen molar-refractivity contribution < 1.29 is 28.6 Å². The Balaban J connectivity index is 1.85. The summed E-state index contributed by atoms with van der Waals surface area (Å²) in [6, 6.07) is 6.93. The fourth-order valence-electron chi connectivity index (χ4n) is 1.85. The molecule has 2 aromatic rings. The summed E-state index contributed by atoms with van der Waals surface area (Å²) in [5, 5.41) is 11.2. The second-order valence-electron chi connectivity index (χ2n) is 4.87. The van der Waals surface area contributed by atoms with Gasteiger partial charge in [-0.2, -0.15) is 4.73 Å². The Labute approximate surface area is 153 Å². The van der Waals surface area contributed by atoms with Crippen LogP contribution < -0.4 is 20.3 Å². The van der Waals surface area contributed by atoms with Crippen molar-refractivity contribution in [1.82, 2.24) is 10.9 Å². The average Bonchev–Trinajstić information content (AvgIpc) is 2.64. The number of hydrogen-bond donors (Lipinski definition) is 2. The highest BCUT2D eigenvalue weighted by Gasteiger charge is 2.15. The quantitative estimate of drug-likeness (QED) is 0.339. The van der Waals surface area contributed by atoms with Crippen LogP contribution in [0.25, 0.3) is 0 Å². The highest BCUT2D eigenvalue weighted by molar-refractivity contribution is 6.31. The first-order valence-corrected chi connectivity index (χ1v) is 7.57. The van der Waals surface area contributed by atoms with Gasteiger partial charge in [-0.3, -0.25) is 20.4 Å². The van der Waals surface area contributed by atoms with Crippen LogP contribution in [0, 0.1) is 5.21 Å². The van der Waals surface area contributed by atoms with Crippen molar-refractivity contribution in [2.75, 3.05) is 13.7 Å². The molecule has 0 saturated heterocycles. The minimum Gasteiger partial charge on any atom is -0.619 e. The molecule has 0 aliphatic heterocycles. The molecule has 0 radical (unpaired) electrons. The Morgan fingerprint density at radius 2 is 1.85 bits per heavy atom. The van der Waals surface area contributed by atoms with Gasteiger partial charge in [0.05, 0.1) is 18.2 Å². The number of halogens is 1. The Morgan fingerprint density at radius 1 is 1.15 bits per heavy atom. The molecular formula is C16H14ClN3O6. The second-order valence-corrected chi connectivity index (χ2v) is 5.31. The zero-order chi connectivity index (χ0) is 19.1. The molecule has 26 heavy (non-hydrogen) atoms. The lowest BCUT2D eigenvalue weighted by molar-refractivity contribution is -0.605. The van der Waals surface area contributed by atoms with Gasteiger partial charge in [0, 0.05) is 17.2 Å². The normalized spacial score (nSPS) is 9.92. The monoisotopic (exact) mass is 379 g/mol. The highest BCUT2D eigenvalue weighted by atomic mass is 35.5. The van der Waals surface area contributed by atoms with Gasteiger partial charge in [0.1, 0.15) is 5.75 Å². The summed E-state index contributed by atoms with van der Waals surface area (Å²) in [7, 11) is 1.38. The van der Waals surface area contributed by atoms with Crippen LogP contribution in [0.4, 0.5) is 0 Å². The Morgan fingerprint density at radius 3 is 2.50 bits per heavy atom. The van der Waals surface area contributed by atoms with Crippen LogP contribution in [0.15, 0.2) is 42.7 Å². The third kappa shape index (κ3) is 5.08. The number of benzene rings is 1. The standard InChI is InChI=1S/C16H14ClN3O6/c1-25-13-3-2-11(17)8-12(13)15(22)19-18-14(21)9-26-16(23)10-4-6-20(24)7-5-10/h2-8H,9H2,1H3,(H,18,21)(H,19,22). The lowest BCUT2D eigenvalue weighted by atomic mass is 10.2. The molecule has 0 aliphatic carbocycles. The summed E-state index contributed by atoms with van der Waals surface area (Å²) in [4.78, 5) is 35.5. The SMILES string of the molecule is COc1ccc(Cl)cc1C(=O)NNC(=O)COC(=O)c1cc[n+]([O-])cc1. The number of hydrogen-bond acceptors (Lipinski definition) is 6. The predicted molar refractivity (Wildman–Crippen MR) is 89.3 cm³/mol. The largest absolute Gasteiger partial charge is 0.619 e. The Hall–Kier alpha value is -3.33. The van der Waals surface area contributed by atoms with Crippen LogP contribution in [0.5, 0.6) is 5.75 Å². The first kappa shape index (κ1) is 19.0. The fraction of sp³-hybridized carbons (Fsp3) is 0.125. The van der Waals surface area contributed by atoms with Crippen molar-refractivity contribution in [2.45, 2.75) is 0 Å². The molecule has 2 N–H and O–H groups in total. The van der Waals surface area contributed by atoms with E-state index in [1.807, 2.05) is 0 Å². The molecule has 0 unspecified atom stereocenters. The molecule has 0 aliphatic rings. The van der Waals surface area contributed by atoms with E-state index < -0.39 is 24.4 Å². The smallest absolute Gasteiger partial charge is 0.339 e. The van der Waals surface area contributed by atoms with Gasteiger partial charge in [0.25, 0.3) is 11.8 Å². The molecule has 0 saturated carbocycles. The number of carbonyl (C=O) groups is 3. The van der Waals surface area contributed by atoms with Crippen LogP contribution >= 0.6 is 11.6 Å². The number of aromatic nitrogens is 1. The van der Waals surface area contributed by atoms with E-state index in [0.29, 0.717) is 9.75 Å². The van der Waals surface area contributed by atoms with Crippen molar-refractivity contribution in [3.63, 3.8) is 0 Å². The number of esters is 1. The Kier molecular flexibility index (Phi) is 6.34. The van der Waals surface area contributed by atoms with Crippen LogP contribution in [0.3, 0.4) is 0 Å². The van der Waals surface area contributed by atoms with E-state index in [1.165, 1.54) is 31.4 Å². The maximum absolute atomic E-state index is 12.1. The topological polar surface area (TPSA) is 121 Å². The number of rotatable bonds is 5. The van der Waals surface area contributed by atoms with E-state index in [0.717, 1.165) is 12.4 Å². The van der Waals surface area contributed by atoms with Crippen molar-refractivity contribution >= 4 is 29.4 Å². The molecule has 136 valence electrons. The summed E-state index contributed by atoms with van der Waals surface area (Å²) in [6.45, 7) is -0.627. The lowest BCUT2D eigenvalue weighted by Gasteiger charge is -2.11. The average molecular weight is 380 g/mol. The van der Waals surface area contributed by atoms with Gasteiger partial charge in [-0.1, -0.05) is 11.6 Å². The number of hydrazine groups is 1. The predicted octanol–water partition coefficient (Wildman–Crippen LogP) is 0.600. The molecule has 1 aromatic carbocycles. The van der Waals surface area contributed by atoms with E-state index in [1.54, 1.807) is 6.07 Å². The van der Waals surface area contributed by atoms with Gasteiger partial charge >= 0.3 is 5.97 Å². The zero-order valence-electron chi connectivity index (χ0n) is 13.5. The van der Waals surface area contributed by atoms with Crippen LogP contribution in [-0.2, 0) is 9.53 Å². The third-order valence-corrected chi connectivity index (χ3v) is 3.33. The lowest BCUT2D eigenvalue weighted by Crippen LogP contribution is -2.43. The molecule has 0 bridgehead atoms. The molecule has 1 heterocycles. The van der Waals surface area contributed by atoms with Crippen LogP contribution in [0.1, 0.15) is 20.7 Å². The van der Waals surface area contributed by atoms with E-state index in [2.05, 4.69) is 10.9 Å². The van der Waals surface area contributed by atoms with Crippen molar-refractivity contribution in [3.05, 3.63) is 64.1 Å². The molecule has 0 atom stereocenters. The molecule has 0 fully saturated rings. The maximum atomic E-state index is 12.1. The number of methoxy groups -OCH3 is 1. The van der Waals surface area contributed by atoms with E-state index >= 15 is 0 Å². The number of amides is 2. The summed E-state index contributed by atoms with van der Waals surface area (Å²) >= 11 is 5.83. The molecule has 0 spiro atoms. The van der Waals surface area contributed by atoms with E-state index in [4.69, 9.17) is 21.1 Å². The van der Waals surface area contributed by atoms with Gasteiger partial charge < -0.3 is 14.7 Å². The minimum atomic E-state index is -0.788. The Bertz CT molecular complexity index is 825.